The number of hydrogen-bond donors (Lipinski definition) is 0. The number of benzene rings is 2. The van der Waals surface area contributed by atoms with Crippen molar-refractivity contribution in [1.29, 1.82) is 0 Å². The van der Waals surface area contributed by atoms with Crippen molar-refractivity contribution in [2.75, 3.05) is 0 Å². The van der Waals surface area contributed by atoms with E-state index in [9.17, 15) is 4.79 Å². The topological polar surface area (TPSA) is 32.7 Å². The molecule has 1 aliphatic heterocycles. The highest BCUT2D eigenvalue weighted by atomic mass is 32.2. The van der Waals surface area contributed by atoms with Crippen LogP contribution < -0.4 is 0 Å². The minimum Gasteiger partial charge on any atom is -0.284 e. The second kappa shape index (κ2) is 7.92. The summed E-state index contributed by atoms with van der Waals surface area (Å²) in [6.07, 6.45) is 2.87. The van der Waals surface area contributed by atoms with Gasteiger partial charge < -0.3 is 0 Å². The van der Waals surface area contributed by atoms with Gasteiger partial charge in [-0.2, -0.15) is 0 Å². The van der Waals surface area contributed by atoms with E-state index in [4.69, 9.17) is 4.99 Å². The minimum absolute atomic E-state index is 0.0402. The molecular weight excluding hydrogens is 340 g/mol. The molecule has 0 spiro atoms. The number of aliphatic imine (C=N–C) groups is 1. The van der Waals surface area contributed by atoms with Crippen molar-refractivity contribution in [2.24, 2.45) is 4.99 Å². The third kappa shape index (κ3) is 3.91. The molecule has 1 heterocycles. The maximum atomic E-state index is 13.0. The van der Waals surface area contributed by atoms with E-state index in [2.05, 4.69) is 33.8 Å². The number of carbonyl (C=O) groups excluding carboxylic acids is 1. The van der Waals surface area contributed by atoms with E-state index in [0.29, 0.717) is 0 Å². The number of aryl methyl sites for hydroxylation is 2. The first-order chi connectivity index (χ1) is 12.5. The van der Waals surface area contributed by atoms with Crippen LogP contribution in [0.3, 0.4) is 0 Å². The summed E-state index contributed by atoms with van der Waals surface area (Å²) in [6.45, 7) is 8.28. The van der Waals surface area contributed by atoms with Gasteiger partial charge in [-0.15, -0.1) is 0 Å². The molecule has 3 nitrogen and oxygen atoms in total. The molecular formula is C22H24N2OS. The summed E-state index contributed by atoms with van der Waals surface area (Å²) < 4.78 is 0. The number of thioether (sulfide) groups is 1. The van der Waals surface area contributed by atoms with Crippen LogP contribution in [0.2, 0.25) is 0 Å². The Morgan fingerprint density at radius 2 is 1.81 bits per heavy atom. The normalized spacial score (nSPS) is 18.8. The van der Waals surface area contributed by atoms with Gasteiger partial charge >= 0.3 is 0 Å². The molecule has 4 heteroatoms. The molecule has 2 aromatic rings. The van der Waals surface area contributed by atoms with Crippen LogP contribution in [0.4, 0.5) is 5.69 Å². The molecule has 1 aliphatic rings. The predicted molar refractivity (Wildman–Crippen MR) is 112 cm³/mol. The molecule has 26 heavy (non-hydrogen) atoms. The lowest BCUT2D eigenvalue weighted by molar-refractivity contribution is -0.123. The predicted octanol–water partition coefficient (Wildman–Crippen LogP) is 5.71. The molecule has 0 unspecified atom stereocenters. The van der Waals surface area contributed by atoms with Crippen molar-refractivity contribution in [3.63, 3.8) is 0 Å². The van der Waals surface area contributed by atoms with Gasteiger partial charge in [0.05, 0.1) is 10.6 Å². The molecule has 1 atom stereocenters. The van der Waals surface area contributed by atoms with Crippen molar-refractivity contribution in [3.8, 4) is 0 Å². The average Bonchev–Trinajstić information content (AvgIpc) is 2.93. The van der Waals surface area contributed by atoms with Crippen molar-refractivity contribution in [3.05, 3.63) is 70.1 Å². The fourth-order valence-corrected chi connectivity index (χ4v) is 3.84. The van der Waals surface area contributed by atoms with E-state index in [1.54, 1.807) is 0 Å². The van der Waals surface area contributed by atoms with E-state index < -0.39 is 0 Å². The summed E-state index contributed by atoms with van der Waals surface area (Å²) in [4.78, 5) is 20.3. The summed E-state index contributed by atoms with van der Waals surface area (Å²) in [5.41, 5.74) is 4.30. The first kappa shape index (κ1) is 18.5. The van der Waals surface area contributed by atoms with E-state index in [0.717, 1.165) is 33.3 Å². The van der Waals surface area contributed by atoms with Crippen LogP contribution in [0.25, 0.3) is 6.08 Å². The lowest BCUT2D eigenvalue weighted by atomic mass is 10.1. The van der Waals surface area contributed by atoms with Gasteiger partial charge in [-0.05, 0) is 68.3 Å². The summed E-state index contributed by atoms with van der Waals surface area (Å²) >= 11 is 1.46. The number of hydrogen-bond acceptors (Lipinski definition) is 3. The highest BCUT2D eigenvalue weighted by Crippen LogP contribution is 2.36. The molecule has 1 fully saturated rings. The average molecular weight is 365 g/mol. The quantitative estimate of drug-likeness (QED) is 0.651. The van der Waals surface area contributed by atoms with Crippen molar-refractivity contribution < 1.29 is 4.79 Å². The number of amides is 1. The van der Waals surface area contributed by atoms with Gasteiger partial charge in [0.25, 0.3) is 5.91 Å². The highest BCUT2D eigenvalue weighted by Gasteiger charge is 2.36. The lowest BCUT2D eigenvalue weighted by Gasteiger charge is -2.22. The molecule has 0 radical (unpaired) electrons. The molecule has 0 saturated carbocycles. The molecule has 1 saturated heterocycles. The molecule has 3 rings (SSSR count). The Bertz CT molecular complexity index is 868. The Balaban J connectivity index is 1.99. The number of amidine groups is 1. The Kier molecular flexibility index (Phi) is 5.62. The van der Waals surface area contributed by atoms with E-state index >= 15 is 0 Å². The van der Waals surface area contributed by atoms with Gasteiger partial charge in [-0.1, -0.05) is 48.9 Å². The van der Waals surface area contributed by atoms with E-state index in [1.165, 1.54) is 17.3 Å². The van der Waals surface area contributed by atoms with E-state index in [1.807, 2.05) is 53.4 Å². The molecule has 1 amide bonds. The zero-order chi connectivity index (χ0) is 18.7. The van der Waals surface area contributed by atoms with Crippen molar-refractivity contribution >= 4 is 34.6 Å². The number of rotatable bonds is 4. The van der Waals surface area contributed by atoms with Gasteiger partial charge in [0.15, 0.2) is 5.17 Å². The lowest BCUT2D eigenvalue weighted by Crippen LogP contribution is -2.36. The monoisotopic (exact) mass is 364 g/mol. The second-order valence-electron chi connectivity index (χ2n) is 6.63. The van der Waals surface area contributed by atoms with Crippen LogP contribution in [0.5, 0.6) is 0 Å². The van der Waals surface area contributed by atoms with Gasteiger partial charge in [0.1, 0.15) is 0 Å². The maximum absolute atomic E-state index is 13.0. The van der Waals surface area contributed by atoms with Crippen LogP contribution in [0.1, 0.15) is 37.0 Å². The summed E-state index contributed by atoms with van der Waals surface area (Å²) in [7, 11) is 0. The Morgan fingerprint density at radius 3 is 2.46 bits per heavy atom. The molecule has 0 bridgehead atoms. The van der Waals surface area contributed by atoms with Crippen molar-refractivity contribution in [1.82, 2.24) is 4.90 Å². The van der Waals surface area contributed by atoms with Gasteiger partial charge in [0.2, 0.25) is 0 Å². The first-order valence-electron chi connectivity index (χ1n) is 8.93. The van der Waals surface area contributed by atoms with Crippen LogP contribution in [0.15, 0.2) is 58.4 Å². The fraction of sp³-hybridized carbons (Fsp3) is 0.273. The van der Waals surface area contributed by atoms with E-state index in [-0.39, 0.29) is 11.9 Å². The Labute approximate surface area is 159 Å². The number of nitrogens with zero attached hydrogens (tertiary/aromatic N) is 2. The smallest absolute Gasteiger partial charge is 0.266 e. The van der Waals surface area contributed by atoms with Gasteiger partial charge in [0, 0.05) is 6.04 Å². The Hall–Kier alpha value is -2.33. The zero-order valence-electron chi connectivity index (χ0n) is 15.7. The fourth-order valence-electron chi connectivity index (χ4n) is 2.76. The van der Waals surface area contributed by atoms with Gasteiger partial charge in [-0.25, -0.2) is 4.99 Å². The first-order valence-corrected chi connectivity index (χ1v) is 9.75. The molecule has 0 aromatic heterocycles. The molecule has 134 valence electrons. The Morgan fingerprint density at radius 1 is 1.12 bits per heavy atom. The minimum atomic E-state index is 0.0402. The second-order valence-corrected chi connectivity index (χ2v) is 7.64. The van der Waals surface area contributed by atoms with Crippen molar-refractivity contribution in [2.45, 2.75) is 40.2 Å². The maximum Gasteiger partial charge on any atom is 0.266 e. The summed E-state index contributed by atoms with van der Waals surface area (Å²) in [5.74, 6) is 0.0402. The summed E-state index contributed by atoms with van der Waals surface area (Å²) in [5, 5.41) is 0.757. The van der Waals surface area contributed by atoms with Crippen LogP contribution in [-0.4, -0.2) is 22.0 Å². The molecule has 2 aromatic carbocycles. The molecule has 0 aliphatic carbocycles. The summed E-state index contributed by atoms with van der Waals surface area (Å²) in [6, 6.07) is 16.3. The third-order valence-corrected chi connectivity index (χ3v) is 5.59. The standard InChI is InChI=1S/C22H24N2OS/c1-5-17(4)24-21(25)20(14-18-9-7-6-8-16(18)3)26-22(24)23-19-12-10-15(2)11-13-19/h6-14,17H,5H2,1-4H3/b20-14+,23-22?/t17-/m0/s1. The van der Waals surface area contributed by atoms with Gasteiger partial charge in [-0.3, -0.25) is 9.69 Å². The largest absolute Gasteiger partial charge is 0.284 e. The van der Waals surface area contributed by atoms with Crippen LogP contribution >= 0.6 is 11.8 Å². The van der Waals surface area contributed by atoms with Crippen LogP contribution in [0, 0.1) is 13.8 Å². The van der Waals surface area contributed by atoms with Crippen LogP contribution in [-0.2, 0) is 4.79 Å². The number of carbonyl (C=O) groups is 1. The molecule has 0 N–H and O–H groups in total. The highest BCUT2D eigenvalue weighted by molar-refractivity contribution is 8.18. The third-order valence-electron chi connectivity index (χ3n) is 4.60. The SMILES string of the molecule is CC[C@H](C)N1C(=O)/C(=C\c2ccccc2C)SC1=Nc1ccc(C)cc1. The zero-order valence-corrected chi connectivity index (χ0v) is 16.5.